The quantitative estimate of drug-likeness (QED) is 0.671. The van der Waals surface area contributed by atoms with E-state index in [1.54, 1.807) is 0 Å². The van der Waals surface area contributed by atoms with E-state index in [-0.39, 0.29) is 12.4 Å². The monoisotopic (exact) mass is 223 g/mol. The molecule has 84 valence electrons. The number of aliphatic hydroxyl groups excluding tert-OH is 1. The molecule has 1 heterocycles. The standard InChI is InChI=1S/C8H17NO4S/c1-8(3-2-5-13-7-8)9-14(11,12)6-4-10/h9-10H,2-7H2,1H3. The highest BCUT2D eigenvalue weighted by Gasteiger charge is 2.31. The lowest BCUT2D eigenvalue weighted by Gasteiger charge is -2.33. The van der Waals surface area contributed by atoms with Crippen molar-refractivity contribution in [3.8, 4) is 0 Å². The minimum atomic E-state index is -3.37. The summed E-state index contributed by atoms with van der Waals surface area (Å²) in [6.07, 6.45) is 1.63. The second kappa shape index (κ2) is 4.57. The minimum Gasteiger partial charge on any atom is -0.395 e. The van der Waals surface area contributed by atoms with Crippen molar-refractivity contribution in [1.29, 1.82) is 0 Å². The van der Waals surface area contributed by atoms with Crippen molar-refractivity contribution in [3.05, 3.63) is 0 Å². The normalized spacial score (nSPS) is 29.0. The van der Waals surface area contributed by atoms with Crippen molar-refractivity contribution >= 4 is 10.0 Å². The molecule has 1 aliphatic heterocycles. The van der Waals surface area contributed by atoms with Crippen LogP contribution in [0.25, 0.3) is 0 Å². The van der Waals surface area contributed by atoms with Gasteiger partial charge in [0.25, 0.3) is 0 Å². The molecule has 1 unspecified atom stereocenters. The van der Waals surface area contributed by atoms with Gasteiger partial charge in [0.15, 0.2) is 0 Å². The van der Waals surface area contributed by atoms with Gasteiger partial charge in [-0.05, 0) is 19.8 Å². The topological polar surface area (TPSA) is 75.6 Å². The Morgan fingerprint density at radius 1 is 1.57 bits per heavy atom. The van der Waals surface area contributed by atoms with Crippen molar-refractivity contribution in [3.63, 3.8) is 0 Å². The predicted octanol–water partition coefficient (Wildman–Crippen LogP) is -0.533. The highest BCUT2D eigenvalue weighted by molar-refractivity contribution is 7.89. The molecule has 0 aromatic heterocycles. The summed E-state index contributed by atoms with van der Waals surface area (Å²) in [5, 5.41) is 8.56. The lowest BCUT2D eigenvalue weighted by atomic mass is 9.97. The number of ether oxygens (including phenoxy) is 1. The molecule has 1 saturated heterocycles. The van der Waals surface area contributed by atoms with Crippen LogP contribution < -0.4 is 4.72 Å². The Kier molecular flexibility index (Phi) is 3.88. The highest BCUT2D eigenvalue weighted by Crippen LogP contribution is 2.19. The largest absolute Gasteiger partial charge is 0.395 e. The molecule has 14 heavy (non-hydrogen) atoms. The second-order valence-corrected chi connectivity index (χ2v) is 5.70. The summed E-state index contributed by atoms with van der Waals surface area (Å²) < 4.78 is 30.5. The average Bonchev–Trinajstić information content (AvgIpc) is 2.02. The molecule has 2 N–H and O–H groups in total. The maximum absolute atomic E-state index is 11.4. The van der Waals surface area contributed by atoms with Gasteiger partial charge < -0.3 is 9.84 Å². The molecule has 0 bridgehead atoms. The molecule has 0 aliphatic carbocycles. The van der Waals surface area contributed by atoms with E-state index in [1.165, 1.54) is 0 Å². The first-order valence-electron chi connectivity index (χ1n) is 4.68. The van der Waals surface area contributed by atoms with Gasteiger partial charge in [-0.15, -0.1) is 0 Å². The maximum atomic E-state index is 11.4. The summed E-state index contributed by atoms with van der Waals surface area (Å²) in [5.41, 5.74) is -0.508. The molecule has 0 aromatic rings. The Labute approximate surface area is 84.5 Å². The second-order valence-electron chi connectivity index (χ2n) is 3.86. The van der Waals surface area contributed by atoms with Crippen LogP contribution in [-0.2, 0) is 14.8 Å². The third-order valence-electron chi connectivity index (χ3n) is 2.20. The van der Waals surface area contributed by atoms with Gasteiger partial charge in [-0.2, -0.15) is 0 Å². The van der Waals surface area contributed by atoms with Gasteiger partial charge in [0, 0.05) is 6.61 Å². The summed E-state index contributed by atoms with van der Waals surface area (Å²) in [7, 11) is -3.37. The fourth-order valence-corrected chi connectivity index (χ4v) is 2.82. The summed E-state index contributed by atoms with van der Waals surface area (Å²) in [4.78, 5) is 0. The molecule has 0 amide bonds. The first kappa shape index (κ1) is 11.9. The average molecular weight is 223 g/mol. The zero-order valence-corrected chi connectivity index (χ0v) is 9.14. The minimum absolute atomic E-state index is 0.247. The van der Waals surface area contributed by atoms with E-state index < -0.39 is 15.6 Å². The molecule has 0 saturated carbocycles. The molecule has 0 spiro atoms. The van der Waals surface area contributed by atoms with Crippen molar-refractivity contribution < 1.29 is 18.3 Å². The van der Waals surface area contributed by atoms with Crippen LogP contribution >= 0.6 is 0 Å². The first-order valence-corrected chi connectivity index (χ1v) is 6.33. The van der Waals surface area contributed by atoms with Gasteiger partial charge >= 0.3 is 0 Å². The van der Waals surface area contributed by atoms with Gasteiger partial charge in [0.1, 0.15) is 0 Å². The Morgan fingerprint density at radius 2 is 2.29 bits per heavy atom. The summed E-state index contributed by atoms with van der Waals surface area (Å²) in [5.74, 6) is -0.247. The van der Waals surface area contributed by atoms with E-state index in [0.717, 1.165) is 12.8 Å². The molecular weight excluding hydrogens is 206 g/mol. The molecule has 1 aliphatic rings. The third-order valence-corrected chi connectivity index (χ3v) is 3.72. The van der Waals surface area contributed by atoms with Gasteiger partial charge in [-0.25, -0.2) is 13.1 Å². The fraction of sp³-hybridized carbons (Fsp3) is 1.00. The molecule has 1 atom stereocenters. The molecule has 0 aromatic carbocycles. The number of nitrogens with one attached hydrogen (secondary N) is 1. The highest BCUT2D eigenvalue weighted by atomic mass is 32.2. The smallest absolute Gasteiger partial charge is 0.214 e. The van der Waals surface area contributed by atoms with E-state index in [4.69, 9.17) is 9.84 Å². The SMILES string of the molecule is CC1(NS(=O)(=O)CCO)CCCOC1. The van der Waals surface area contributed by atoms with Crippen molar-refractivity contribution in [1.82, 2.24) is 4.72 Å². The molecule has 1 fully saturated rings. The maximum Gasteiger partial charge on any atom is 0.214 e. The van der Waals surface area contributed by atoms with Crippen LogP contribution in [0.4, 0.5) is 0 Å². The van der Waals surface area contributed by atoms with E-state index >= 15 is 0 Å². The first-order chi connectivity index (χ1) is 6.47. The third kappa shape index (κ3) is 3.53. The summed E-state index contributed by atoms with van der Waals surface area (Å²) >= 11 is 0. The van der Waals surface area contributed by atoms with Gasteiger partial charge in [-0.3, -0.25) is 0 Å². The predicted molar refractivity (Wildman–Crippen MR) is 52.5 cm³/mol. The number of hydrogen-bond donors (Lipinski definition) is 2. The zero-order chi connectivity index (χ0) is 10.7. The van der Waals surface area contributed by atoms with Gasteiger partial charge in [0.05, 0.1) is 24.5 Å². The Bertz CT molecular complexity index is 269. The van der Waals surface area contributed by atoms with Crippen LogP contribution in [0.3, 0.4) is 0 Å². The number of hydrogen-bond acceptors (Lipinski definition) is 4. The molecule has 0 radical (unpaired) electrons. The van der Waals surface area contributed by atoms with Gasteiger partial charge in [0.2, 0.25) is 10.0 Å². The van der Waals surface area contributed by atoms with E-state index in [1.807, 2.05) is 6.92 Å². The van der Waals surface area contributed by atoms with Crippen molar-refractivity contribution in [2.24, 2.45) is 0 Å². The Hall–Kier alpha value is -0.170. The van der Waals surface area contributed by atoms with Crippen LogP contribution in [-0.4, -0.2) is 44.6 Å². The van der Waals surface area contributed by atoms with Gasteiger partial charge in [-0.1, -0.05) is 0 Å². The van der Waals surface area contributed by atoms with Crippen molar-refractivity contribution in [2.75, 3.05) is 25.6 Å². The van der Waals surface area contributed by atoms with Crippen LogP contribution in [0, 0.1) is 0 Å². The Morgan fingerprint density at radius 3 is 2.79 bits per heavy atom. The molecule has 1 rings (SSSR count). The lowest BCUT2D eigenvalue weighted by Crippen LogP contribution is -2.52. The molecular formula is C8H17NO4S. The van der Waals surface area contributed by atoms with Crippen LogP contribution in [0.5, 0.6) is 0 Å². The molecule has 5 nitrogen and oxygen atoms in total. The Balaban J connectivity index is 2.57. The summed E-state index contributed by atoms with van der Waals surface area (Å²) in [6.45, 7) is 2.56. The van der Waals surface area contributed by atoms with Crippen LogP contribution in [0.15, 0.2) is 0 Å². The van der Waals surface area contributed by atoms with E-state index in [2.05, 4.69) is 4.72 Å². The zero-order valence-electron chi connectivity index (χ0n) is 8.32. The van der Waals surface area contributed by atoms with Crippen LogP contribution in [0.2, 0.25) is 0 Å². The lowest BCUT2D eigenvalue weighted by molar-refractivity contribution is 0.0386. The number of rotatable bonds is 4. The van der Waals surface area contributed by atoms with Crippen LogP contribution in [0.1, 0.15) is 19.8 Å². The number of aliphatic hydroxyl groups is 1. The van der Waals surface area contributed by atoms with Crippen molar-refractivity contribution in [2.45, 2.75) is 25.3 Å². The fourth-order valence-electron chi connectivity index (χ4n) is 1.56. The number of sulfonamides is 1. The van der Waals surface area contributed by atoms with E-state index in [9.17, 15) is 8.42 Å². The summed E-state index contributed by atoms with van der Waals surface area (Å²) in [6, 6.07) is 0. The molecule has 6 heteroatoms. The van der Waals surface area contributed by atoms with E-state index in [0.29, 0.717) is 13.2 Å².